The summed E-state index contributed by atoms with van der Waals surface area (Å²) in [6.07, 6.45) is 1.47. The summed E-state index contributed by atoms with van der Waals surface area (Å²) in [7, 11) is 2.03. The number of benzene rings is 1. The topological polar surface area (TPSA) is 45.5 Å². The fourth-order valence-corrected chi connectivity index (χ4v) is 1.96. The fraction of sp³-hybridized carbons (Fsp3) is 0.462. The number of rotatable bonds is 4. The molecule has 0 amide bonds. The summed E-state index contributed by atoms with van der Waals surface area (Å²) in [5.74, 6) is 1.62. The Morgan fingerprint density at radius 2 is 2.06 bits per heavy atom. The third kappa shape index (κ3) is 2.44. The van der Waals surface area contributed by atoms with Crippen molar-refractivity contribution >= 4 is 5.69 Å². The van der Waals surface area contributed by atoms with Gasteiger partial charge in [0.25, 0.3) is 0 Å². The number of hydrogen-bond acceptors (Lipinski definition) is 4. The fourth-order valence-electron chi connectivity index (χ4n) is 1.96. The maximum atomic E-state index is 8.53. The van der Waals surface area contributed by atoms with Gasteiger partial charge < -0.3 is 14.4 Å². The summed E-state index contributed by atoms with van der Waals surface area (Å²) in [5, 5.41) is 8.53. The Hall–Kier alpha value is -1.89. The van der Waals surface area contributed by atoms with Crippen LogP contribution >= 0.6 is 0 Å². The number of unbranched alkanes of at least 4 members (excludes halogenated alkanes) is 1. The Labute approximate surface area is 101 Å². The molecule has 90 valence electrons. The SMILES string of the molecule is Cc1cc2c(cc1N(C)CCCC#N)OCO2. The minimum Gasteiger partial charge on any atom is -0.454 e. The summed E-state index contributed by atoms with van der Waals surface area (Å²) in [6.45, 7) is 3.22. The van der Waals surface area contributed by atoms with Gasteiger partial charge in [-0.15, -0.1) is 0 Å². The minimum absolute atomic E-state index is 0.302. The average molecular weight is 232 g/mol. The van der Waals surface area contributed by atoms with E-state index in [1.165, 1.54) is 0 Å². The Balaban J connectivity index is 2.12. The molecule has 1 aliphatic rings. The molecular formula is C13H16N2O2. The molecule has 0 saturated carbocycles. The molecule has 1 aromatic rings. The van der Waals surface area contributed by atoms with Gasteiger partial charge in [0.2, 0.25) is 6.79 Å². The van der Waals surface area contributed by atoms with E-state index in [2.05, 4.69) is 17.9 Å². The molecule has 0 radical (unpaired) electrons. The summed E-state index contributed by atoms with van der Waals surface area (Å²) in [4.78, 5) is 2.15. The molecule has 0 saturated heterocycles. The molecule has 0 aliphatic carbocycles. The van der Waals surface area contributed by atoms with Gasteiger partial charge in [-0.2, -0.15) is 5.26 Å². The van der Waals surface area contributed by atoms with Gasteiger partial charge in [0.15, 0.2) is 11.5 Å². The predicted molar refractivity (Wildman–Crippen MR) is 65.4 cm³/mol. The van der Waals surface area contributed by atoms with Crippen molar-refractivity contribution < 1.29 is 9.47 Å². The molecule has 17 heavy (non-hydrogen) atoms. The van der Waals surface area contributed by atoms with E-state index in [0.29, 0.717) is 13.2 Å². The van der Waals surface area contributed by atoms with Gasteiger partial charge in [0.05, 0.1) is 6.07 Å². The van der Waals surface area contributed by atoms with E-state index in [1.54, 1.807) is 0 Å². The maximum absolute atomic E-state index is 8.53. The average Bonchev–Trinajstić information content (AvgIpc) is 2.75. The van der Waals surface area contributed by atoms with E-state index in [1.807, 2.05) is 19.2 Å². The lowest BCUT2D eigenvalue weighted by Crippen LogP contribution is -2.19. The standard InChI is InChI=1S/C13H16N2O2/c1-10-7-12-13(17-9-16-12)8-11(10)15(2)6-4-3-5-14/h7-8H,3-4,6,9H2,1-2H3. The van der Waals surface area contributed by atoms with Crippen LogP contribution in [0, 0.1) is 18.3 Å². The molecule has 0 N–H and O–H groups in total. The summed E-state index contributed by atoms with van der Waals surface area (Å²) >= 11 is 0. The number of nitriles is 1. The third-order valence-electron chi connectivity index (χ3n) is 2.88. The van der Waals surface area contributed by atoms with Crippen molar-refractivity contribution in [3.8, 4) is 17.6 Å². The number of anilines is 1. The molecule has 0 fully saturated rings. The Morgan fingerprint density at radius 1 is 1.35 bits per heavy atom. The first kappa shape index (κ1) is 11.6. The Kier molecular flexibility index (Phi) is 3.38. The normalized spacial score (nSPS) is 12.3. The lowest BCUT2D eigenvalue weighted by atomic mass is 10.1. The highest BCUT2D eigenvalue weighted by atomic mass is 16.7. The number of hydrogen-bond donors (Lipinski definition) is 0. The molecule has 4 nitrogen and oxygen atoms in total. The number of nitrogens with zero attached hydrogens (tertiary/aromatic N) is 2. The smallest absolute Gasteiger partial charge is 0.231 e. The van der Waals surface area contributed by atoms with Gasteiger partial charge in [-0.3, -0.25) is 0 Å². The summed E-state index contributed by atoms with van der Waals surface area (Å²) in [6, 6.07) is 6.16. The zero-order valence-corrected chi connectivity index (χ0v) is 10.2. The molecule has 1 aliphatic heterocycles. The van der Waals surface area contributed by atoms with Crippen LogP contribution in [0.15, 0.2) is 12.1 Å². The van der Waals surface area contributed by atoms with Crippen molar-refractivity contribution in [2.45, 2.75) is 19.8 Å². The van der Waals surface area contributed by atoms with Gasteiger partial charge in [-0.1, -0.05) is 0 Å². The van der Waals surface area contributed by atoms with Crippen LogP contribution in [0.1, 0.15) is 18.4 Å². The second kappa shape index (κ2) is 4.96. The van der Waals surface area contributed by atoms with Crippen molar-refractivity contribution in [1.82, 2.24) is 0 Å². The molecule has 0 unspecified atom stereocenters. The van der Waals surface area contributed by atoms with Crippen molar-refractivity contribution in [1.29, 1.82) is 5.26 Å². The lowest BCUT2D eigenvalue weighted by Gasteiger charge is -2.21. The molecule has 0 spiro atoms. The highest BCUT2D eigenvalue weighted by molar-refractivity contribution is 5.61. The van der Waals surface area contributed by atoms with Gasteiger partial charge in [-0.25, -0.2) is 0 Å². The van der Waals surface area contributed by atoms with Crippen LogP contribution in [0.25, 0.3) is 0 Å². The zero-order chi connectivity index (χ0) is 12.3. The number of aryl methyl sites for hydroxylation is 1. The van der Waals surface area contributed by atoms with E-state index >= 15 is 0 Å². The van der Waals surface area contributed by atoms with Crippen LogP contribution in [-0.2, 0) is 0 Å². The largest absolute Gasteiger partial charge is 0.454 e. The molecule has 1 heterocycles. The van der Waals surface area contributed by atoms with E-state index < -0.39 is 0 Å². The maximum Gasteiger partial charge on any atom is 0.231 e. The second-order valence-electron chi connectivity index (χ2n) is 4.18. The lowest BCUT2D eigenvalue weighted by molar-refractivity contribution is 0.174. The van der Waals surface area contributed by atoms with Crippen LogP contribution in [0.3, 0.4) is 0 Å². The van der Waals surface area contributed by atoms with Crippen LogP contribution in [0.5, 0.6) is 11.5 Å². The van der Waals surface area contributed by atoms with Crippen molar-refractivity contribution in [3.05, 3.63) is 17.7 Å². The van der Waals surface area contributed by atoms with Gasteiger partial charge in [-0.05, 0) is 25.0 Å². The van der Waals surface area contributed by atoms with Crippen molar-refractivity contribution in [3.63, 3.8) is 0 Å². The van der Waals surface area contributed by atoms with Crippen LogP contribution < -0.4 is 14.4 Å². The summed E-state index contributed by atoms with van der Waals surface area (Å²) in [5.41, 5.74) is 2.29. The first-order chi connectivity index (χ1) is 8.22. The van der Waals surface area contributed by atoms with Gasteiger partial charge in [0.1, 0.15) is 0 Å². The predicted octanol–water partition coefficient (Wildman–Crippen LogP) is 2.46. The summed E-state index contributed by atoms with van der Waals surface area (Å²) < 4.78 is 10.7. The van der Waals surface area contributed by atoms with Crippen LogP contribution in [0.4, 0.5) is 5.69 Å². The molecule has 2 rings (SSSR count). The quantitative estimate of drug-likeness (QED) is 0.748. The highest BCUT2D eigenvalue weighted by Crippen LogP contribution is 2.37. The Morgan fingerprint density at radius 3 is 2.76 bits per heavy atom. The van der Waals surface area contributed by atoms with Crippen molar-refractivity contribution in [2.75, 3.05) is 25.3 Å². The molecule has 0 atom stereocenters. The molecule has 4 heteroatoms. The van der Waals surface area contributed by atoms with Gasteiger partial charge in [0, 0.05) is 31.8 Å². The van der Waals surface area contributed by atoms with Gasteiger partial charge >= 0.3 is 0 Å². The van der Waals surface area contributed by atoms with E-state index in [-0.39, 0.29) is 0 Å². The molecule has 1 aromatic carbocycles. The van der Waals surface area contributed by atoms with E-state index in [9.17, 15) is 0 Å². The first-order valence-corrected chi connectivity index (χ1v) is 5.70. The van der Waals surface area contributed by atoms with Crippen molar-refractivity contribution in [2.24, 2.45) is 0 Å². The van der Waals surface area contributed by atoms with E-state index in [0.717, 1.165) is 35.7 Å². The number of ether oxygens (including phenoxy) is 2. The van der Waals surface area contributed by atoms with Crippen LogP contribution in [0.2, 0.25) is 0 Å². The van der Waals surface area contributed by atoms with Crippen LogP contribution in [-0.4, -0.2) is 20.4 Å². The third-order valence-corrected chi connectivity index (χ3v) is 2.88. The minimum atomic E-state index is 0.302. The number of fused-ring (bicyclic) bond motifs is 1. The zero-order valence-electron chi connectivity index (χ0n) is 10.2. The monoisotopic (exact) mass is 232 g/mol. The van der Waals surface area contributed by atoms with E-state index in [4.69, 9.17) is 14.7 Å². The molecule has 0 aromatic heterocycles. The molecular weight excluding hydrogens is 216 g/mol. The highest BCUT2D eigenvalue weighted by Gasteiger charge is 2.17. The molecule has 0 bridgehead atoms. The second-order valence-corrected chi connectivity index (χ2v) is 4.18. The first-order valence-electron chi connectivity index (χ1n) is 5.70. The Bertz CT molecular complexity index is 451.